The van der Waals surface area contributed by atoms with Gasteiger partial charge < -0.3 is 14.6 Å². The fraction of sp³-hybridized carbons (Fsp3) is 0.235. The Morgan fingerprint density at radius 2 is 1.95 bits per heavy atom. The molecule has 2 N–H and O–H groups in total. The highest BCUT2D eigenvalue weighted by Crippen LogP contribution is 2.34. The van der Waals surface area contributed by atoms with E-state index in [0.717, 1.165) is 5.57 Å². The Kier molecular flexibility index (Phi) is 4.17. The van der Waals surface area contributed by atoms with E-state index in [2.05, 4.69) is 0 Å². The molecule has 0 bridgehead atoms. The van der Waals surface area contributed by atoms with Gasteiger partial charge in [0.2, 0.25) is 0 Å². The van der Waals surface area contributed by atoms with Crippen LogP contribution in [0.5, 0.6) is 11.5 Å². The lowest BCUT2D eigenvalue weighted by Crippen LogP contribution is -2.09. The number of benzene rings is 1. The van der Waals surface area contributed by atoms with E-state index in [1.54, 1.807) is 6.92 Å². The summed E-state index contributed by atoms with van der Waals surface area (Å²) < 4.78 is 5.66. The molecule has 0 amide bonds. The second-order valence-electron chi connectivity index (χ2n) is 5.22. The van der Waals surface area contributed by atoms with E-state index in [1.165, 1.54) is 24.3 Å². The van der Waals surface area contributed by atoms with Gasteiger partial charge in [0.1, 0.15) is 23.0 Å². The van der Waals surface area contributed by atoms with Gasteiger partial charge in [-0.25, -0.2) is 0 Å². The van der Waals surface area contributed by atoms with Crippen molar-refractivity contribution in [3.05, 3.63) is 57.5 Å². The Morgan fingerprint density at radius 3 is 2.57 bits per heavy atom. The monoisotopic (exact) mass is 286 g/mol. The maximum absolute atomic E-state index is 12.2. The minimum atomic E-state index is -0.126. The molecule has 0 unspecified atom stereocenters. The number of rotatable bonds is 3. The van der Waals surface area contributed by atoms with Gasteiger partial charge in [0.15, 0.2) is 5.43 Å². The van der Waals surface area contributed by atoms with Gasteiger partial charge in [-0.3, -0.25) is 4.79 Å². The predicted molar refractivity (Wildman–Crippen MR) is 81.6 cm³/mol. The van der Waals surface area contributed by atoms with Crippen LogP contribution in [0.1, 0.15) is 25.2 Å². The summed E-state index contributed by atoms with van der Waals surface area (Å²) in [6.45, 7) is 5.59. The van der Waals surface area contributed by atoms with Crippen molar-refractivity contribution in [2.75, 3.05) is 0 Å². The molecule has 110 valence electrons. The highest BCUT2D eigenvalue weighted by Gasteiger charge is 2.16. The van der Waals surface area contributed by atoms with Gasteiger partial charge in [0.25, 0.3) is 0 Å². The highest BCUT2D eigenvalue weighted by molar-refractivity contribution is 5.69. The van der Waals surface area contributed by atoms with Crippen LogP contribution in [0.25, 0.3) is 11.3 Å². The SMILES string of the molecule is CC(C)=CCc1c(-c2ccc(O)cc2O)oc(C)cc1=O. The van der Waals surface area contributed by atoms with Gasteiger partial charge in [-0.1, -0.05) is 11.6 Å². The minimum absolute atomic E-state index is 0.0444. The molecule has 0 aliphatic rings. The molecule has 0 saturated heterocycles. The lowest BCUT2D eigenvalue weighted by atomic mass is 10.0. The summed E-state index contributed by atoms with van der Waals surface area (Å²) in [5.41, 5.74) is 1.85. The van der Waals surface area contributed by atoms with Crippen molar-refractivity contribution in [2.24, 2.45) is 0 Å². The van der Waals surface area contributed by atoms with Gasteiger partial charge >= 0.3 is 0 Å². The van der Waals surface area contributed by atoms with Crippen molar-refractivity contribution >= 4 is 0 Å². The molecule has 2 rings (SSSR count). The normalized spacial score (nSPS) is 10.4. The van der Waals surface area contributed by atoms with E-state index < -0.39 is 0 Å². The van der Waals surface area contributed by atoms with Crippen LogP contribution in [-0.4, -0.2) is 10.2 Å². The molecule has 1 aromatic carbocycles. The van der Waals surface area contributed by atoms with Crippen LogP contribution >= 0.6 is 0 Å². The summed E-state index contributed by atoms with van der Waals surface area (Å²) in [5.74, 6) is 0.651. The summed E-state index contributed by atoms with van der Waals surface area (Å²) in [6.07, 6.45) is 2.36. The Morgan fingerprint density at radius 1 is 1.24 bits per heavy atom. The second-order valence-corrected chi connectivity index (χ2v) is 5.22. The summed E-state index contributed by atoms with van der Waals surface area (Å²) in [6, 6.07) is 5.65. The Labute approximate surface area is 123 Å². The third-order valence-corrected chi connectivity index (χ3v) is 3.11. The molecule has 0 aliphatic carbocycles. The van der Waals surface area contributed by atoms with Gasteiger partial charge in [0.05, 0.1) is 5.56 Å². The van der Waals surface area contributed by atoms with Crippen molar-refractivity contribution in [3.8, 4) is 22.8 Å². The van der Waals surface area contributed by atoms with Crippen LogP contribution in [0.3, 0.4) is 0 Å². The largest absolute Gasteiger partial charge is 0.508 e. The molecule has 0 saturated carbocycles. The van der Waals surface area contributed by atoms with Crippen LogP contribution in [0.4, 0.5) is 0 Å². The van der Waals surface area contributed by atoms with E-state index in [0.29, 0.717) is 29.1 Å². The molecule has 4 nitrogen and oxygen atoms in total. The number of hydrogen-bond donors (Lipinski definition) is 2. The zero-order valence-corrected chi connectivity index (χ0v) is 12.3. The van der Waals surface area contributed by atoms with Crippen molar-refractivity contribution in [2.45, 2.75) is 27.2 Å². The van der Waals surface area contributed by atoms with E-state index in [-0.39, 0.29) is 16.9 Å². The molecule has 0 fully saturated rings. The Balaban J connectivity index is 2.66. The molecule has 21 heavy (non-hydrogen) atoms. The third-order valence-electron chi connectivity index (χ3n) is 3.11. The van der Waals surface area contributed by atoms with Crippen molar-refractivity contribution in [1.82, 2.24) is 0 Å². The standard InChI is InChI=1S/C17H18O4/c1-10(2)4-6-13-15(19)8-11(3)21-17(13)14-7-5-12(18)9-16(14)20/h4-5,7-9,18,20H,6H2,1-3H3. The molecule has 4 heteroatoms. The molecule has 0 spiro atoms. The molecule has 1 aromatic heterocycles. The van der Waals surface area contributed by atoms with E-state index in [1.807, 2.05) is 19.9 Å². The fourth-order valence-electron chi connectivity index (χ4n) is 2.06. The van der Waals surface area contributed by atoms with Gasteiger partial charge in [-0.15, -0.1) is 0 Å². The van der Waals surface area contributed by atoms with Crippen molar-refractivity contribution < 1.29 is 14.6 Å². The summed E-state index contributed by atoms with van der Waals surface area (Å²) in [7, 11) is 0. The topological polar surface area (TPSA) is 70.7 Å². The number of aryl methyl sites for hydroxylation is 1. The van der Waals surface area contributed by atoms with Crippen LogP contribution in [0.2, 0.25) is 0 Å². The molecule has 0 aliphatic heterocycles. The first-order valence-electron chi connectivity index (χ1n) is 6.68. The average Bonchev–Trinajstić information content (AvgIpc) is 2.36. The lowest BCUT2D eigenvalue weighted by molar-refractivity contribution is 0.448. The maximum atomic E-state index is 12.2. The maximum Gasteiger partial charge on any atom is 0.189 e. The molecule has 0 atom stereocenters. The number of phenolic OH excluding ortho intramolecular Hbond substituents is 2. The van der Waals surface area contributed by atoms with Crippen LogP contribution < -0.4 is 5.43 Å². The van der Waals surface area contributed by atoms with Crippen molar-refractivity contribution in [3.63, 3.8) is 0 Å². The van der Waals surface area contributed by atoms with E-state index >= 15 is 0 Å². The first-order valence-corrected chi connectivity index (χ1v) is 6.68. The fourth-order valence-corrected chi connectivity index (χ4v) is 2.06. The summed E-state index contributed by atoms with van der Waals surface area (Å²) >= 11 is 0. The number of aromatic hydroxyl groups is 2. The number of phenols is 2. The molecule has 0 radical (unpaired) electrons. The number of hydrogen-bond acceptors (Lipinski definition) is 4. The minimum Gasteiger partial charge on any atom is -0.508 e. The Hall–Kier alpha value is -2.49. The molecular weight excluding hydrogens is 268 g/mol. The molecule has 1 heterocycles. The molecular formula is C17H18O4. The first-order chi connectivity index (χ1) is 9.88. The van der Waals surface area contributed by atoms with Gasteiger partial charge in [-0.2, -0.15) is 0 Å². The molecule has 2 aromatic rings. The quantitative estimate of drug-likeness (QED) is 0.847. The van der Waals surface area contributed by atoms with E-state index in [4.69, 9.17) is 4.42 Å². The second kappa shape index (κ2) is 5.87. The van der Waals surface area contributed by atoms with Crippen LogP contribution in [0, 0.1) is 6.92 Å². The van der Waals surface area contributed by atoms with E-state index in [9.17, 15) is 15.0 Å². The summed E-state index contributed by atoms with van der Waals surface area (Å²) in [4.78, 5) is 12.2. The summed E-state index contributed by atoms with van der Waals surface area (Å²) in [5, 5.41) is 19.4. The predicted octanol–water partition coefficient (Wildman–Crippen LogP) is 3.54. The first kappa shape index (κ1) is 14.9. The van der Waals surface area contributed by atoms with Crippen molar-refractivity contribution in [1.29, 1.82) is 0 Å². The number of allylic oxidation sites excluding steroid dienone is 2. The zero-order chi connectivity index (χ0) is 15.6. The zero-order valence-electron chi connectivity index (χ0n) is 12.3. The van der Waals surface area contributed by atoms with Gasteiger partial charge in [0, 0.05) is 17.7 Å². The van der Waals surface area contributed by atoms with Crippen LogP contribution in [-0.2, 0) is 6.42 Å². The lowest BCUT2D eigenvalue weighted by Gasteiger charge is -2.10. The highest BCUT2D eigenvalue weighted by atomic mass is 16.3. The van der Waals surface area contributed by atoms with Crippen LogP contribution in [0.15, 0.2) is 45.1 Å². The average molecular weight is 286 g/mol. The smallest absolute Gasteiger partial charge is 0.189 e. The Bertz CT molecular complexity index is 750. The van der Waals surface area contributed by atoms with Gasteiger partial charge in [-0.05, 0) is 39.3 Å². The third kappa shape index (κ3) is 3.34.